The van der Waals surface area contributed by atoms with E-state index in [4.69, 9.17) is 9.47 Å². The third-order valence-corrected chi connectivity index (χ3v) is 5.65. The Morgan fingerprint density at radius 1 is 0.421 bits per heavy atom. The van der Waals surface area contributed by atoms with Gasteiger partial charge in [-0.25, -0.2) is 0 Å². The summed E-state index contributed by atoms with van der Waals surface area (Å²) in [5.74, 6) is 1.81. The summed E-state index contributed by atoms with van der Waals surface area (Å²) in [5.41, 5.74) is 2.73. The van der Waals surface area contributed by atoms with Gasteiger partial charge in [-0.2, -0.15) is 0 Å². The number of ketones is 4. The zero-order valence-electron chi connectivity index (χ0n) is 22.5. The molecule has 0 fully saturated rings. The minimum absolute atomic E-state index is 0.0186. The van der Waals surface area contributed by atoms with Crippen molar-refractivity contribution in [3.05, 3.63) is 107 Å². The lowest BCUT2D eigenvalue weighted by atomic mass is 10.0. The van der Waals surface area contributed by atoms with Gasteiger partial charge in [-0.3, -0.25) is 19.2 Å². The van der Waals surface area contributed by atoms with Gasteiger partial charge in [-0.05, 0) is 80.9 Å². The summed E-state index contributed by atoms with van der Waals surface area (Å²) >= 11 is 0. The maximum Gasteiger partial charge on any atom is 0.159 e. The first-order valence-corrected chi connectivity index (χ1v) is 11.9. The zero-order chi connectivity index (χ0) is 28.2. The van der Waals surface area contributed by atoms with E-state index >= 15 is 0 Å². The van der Waals surface area contributed by atoms with Crippen molar-refractivity contribution < 1.29 is 28.7 Å². The monoisotopic (exact) mass is 512 g/mol. The number of rotatable bonds is 6. The Kier molecular flexibility index (Phi) is 11.1. The Bertz CT molecular complexity index is 1380. The molecule has 0 aliphatic carbocycles. The summed E-state index contributed by atoms with van der Waals surface area (Å²) in [5, 5.41) is 2.14. The Balaban J connectivity index is 0.000000203. The van der Waals surface area contributed by atoms with Crippen LogP contribution in [0.1, 0.15) is 69.1 Å². The predicted molar refractivity (Wildman–Crippen MR) is 150 cm³/mol. The molecule has 0 amide bonds. The van der Waals surface area contributed by atoms with E-state index in [0.29, 0.717) is 16.7 Å². The summed E-state index contributed by atoms with van der Waals surface area (Å²) in [6.07, 6.45) is 0. The Morgan fingerprint density at radius 3 is 1.13 bits per heavy atom. The van der Waals surface area contributed by atoms with Gasteiger partial charge in [0.2, 0.25) is 0 Å². The van der Waals surface area contributed by atoms with Crippen molar-refractivity contribution in [3.8, 4) is 11.5 Å². The van der Waals surface area contributed by atoms with Gasteiger partial charge < -0.3 is 9.47 Å². The summed E-state index contributed by atoms with van der Waals surface area (Å²) in [7, 11) is 3.24. The van der Waals surface area contributed by atoms with Crippen molar-refractivity contribution in [1.82, 2.24) is 0 Å². The average Bonchev–Trinajstić information content (AvgIpc) is 2.93. The second kappa shape index (κ2) is 14.2. The standard InChI is InChI=1S/C13H12O2.C10H10O2.C9H10O2/c1-9(14)10-3-4-12-8-13(15-2)6-5-11(12)7-10;1-7(11)9-3-5-10(6-4-9)8(2)12;1-7(10)8-3-5-9(11-2)6-4-8/h3-8H,1-2H3;3-6H,1-2H3;3-6H,1-2H3. The average molecular weight is 513 g/mol. The smallest absolute Gasteiger partial charge is 0.159 e. The second-order valence-electron chi connectivity index (χ2n) is 8.46. The van der Waals surface area contributed by atoms with Crippen LogP contribution in [0.2, 0.25) is 0 Å². The molecule has 4 aromatic rings. The van der Waals surface area contributed by atoms with E-state index in [0.717, 1.165) is 27.8 Å². The van der Waals surface area contributed by atoms with Gasteiger partial charge in [0.25, 0.3) is 0 Å². The lowest BCUT2D eigenvalue weighted by molar-refractivity contribution is 0.100. The molecule has 0 spiro atoms. The lowest BCUT2D eigenvalue weighted by Gasteiger charge is -2.03. The molecule has 0 radical (unpaired) electrons. The maximum absolute atomic E-state index is 11.2. The molecule has 196 valence electrons. The fourth-order valence-corrected chi connectivity index (χ4v) is 3.34. The molecule has 0 atom stereocenters. The number of carbonyl (C=O) groups excluding carboxylic acids is 4. The minimum atomic E-state index is 0.0186. The van der Waals surface area contributed by atoms with Crippen molar-refractivity contribution in [2.75, 3.05) is 14.2 Å². The number of Topliss-reactive ketones (excluding diaryl/α,β-unsaturated/α-hetero) is 4. The molecule has 38 heavy (non-hydrogen) atoms. The van der Waals surface area contributed by atoms with Gasteiger partial charge in [0.15, 0.2) is 23.1 Å². The van der Waals surface area contributed by atoms with Gasteiger partial charge in [-0.15, -0.1) is 0 Å². The second-order valence-corrected chi connectivity index (χ2v) is 8.46. The van der Waals surface area contributed by atoms with Crippen molar-refractivity contribution in [2.24, 2.45) is 0 Å². The number of methoxy groups -OCH3 is 2. The van der Waals surface area contributed by atoms with Crippen LogP contribution in [0.4, 0.5) is 0 Å². The number of hydrogen-bond donors (Lipinski definition) is 0. The zero-order valence-corrected chi connectivity index (χ0v) is 22.5. The van der Waals surface area contributed by atoms with Gasteiger partial charge in [-0.1, -0.05) is 42.5 Å². The first-order chi connectivity index (χ1) is 18.0. The predicted octanol–water partition coefficient (Wildman–Crippen LogP) is 7.04. The van der Waals surface area contributed by atoms with Crippen molar-refractivity contribution in [3.63, 3.8) is 0 Å². The van der Waals surface area contributed by atoms with Crippen molar-refractivity contribution in [1.29, 1.82) is 0 Å². The molecule has 0 aromatic heterocycles. The molecule has 4 aromatic carbocycles. The maximum atomic E-state index is 11.2. The van der Waals surface area contributed by atoms with Crippen LogP contribution < -0.4 is 9.47 Å². The van der Waals surface area contributed by atoms with E-state index in [1.54, 1.807) is 76.6 Å². The van der Waals surface area contributed by atoms with E-state index in [1.165, 1.54) is 13.8 Å². The van der Waals surface area contributed by atoms with Crippen LogP contribution in [-0.2, 0) is 0 Å². The van der Waals surface area contributed by atoms with E-state index < -0.39 is 0 Å². The van der Waals surface area contributed by atoms with Gasteiger partial charge in [0, 0.05) is 22.3 Å². The summed E-state index contributed by atoms with van der Waals surface area (Å²) < 4.78 is 10.1. The summed E-state index contributed by atoms with van der Waals surface area (Å²) in [6.45, 7) is 6.12. The first-order valence-electron chi connectivity index (χ1n) is 11.9. The van der Waals surface area contributed by atoms with E-state index in [2.05, 4.69) is 0 Å². The molecule has 4 rings (SSSR count). The highest BCUT2D eigenvalue weighted by molar-refractivity contribution is 5.99. The van der Waals surface area contributed by atoms with E-state index in [1.807, 2.05) is 36.4 Å². The molecule has 0 bridgehead atoms. The first kappa shape index (κ1) is 29.6. The Morgan fingerprint density at radius 2 is 0.737 bits per heavy atom. The van der Waals surface area contributed by atoms with E-state index in [9.17, 15) is 19.2 Å². The third kappa shape index (κ3) is 8.82. The van der Waals surface area contributed by atoms with Gasteiger partial charge in [0.05, 0.1) is 14.2 Å². The fourth-order valence-electron chi connectivity index (χ4n) is 3.34. The van der Waals surface area contributed by atoms with Crippen LogP contribution in [-0.4, -0.2) is 37.4 Å². The van der Waals surface area contributed by atoms with Crippen molar-refractivity contribution >= 4 is 33.9 Å². The number of benzene rings is 4. The highest BCUT2D eigenvalue weighted by Crippen LogP contribution is 2.22. The molecular formula is C32H32O6. The van der Waals surface area contributed by atoms with Crippen LogP contribution >= 0.6 is 0 Å². The van der Waals surface area contributed by atoms with Crippen LogP contribution in [0.15, 0.2) is 84.9 Å². The molecule has 0 unspecified atom stereocenters. The molecule has 0 heterocycles. The molecule has 0 aliphatic heterocycles. The van der Waals surface area contributed by atoms with E-state index in [-0.39, 0.29) is 23.1 Å². The number of fused-ring (bicyclic) bond motifs is 1. The largest absolute Gasteiger partial charge is 0.497 e. The van der Waals surface area contributed by atoms with Crippen LogP contribution in [0.3, 0.4) is 0 Å². The molecule has 0 aliphatic rings. The quantitative estimate of drug-likeness (QED) is 0.258. The van der Waals surface area contributed by atoms with Gasteiger partial charge in [0.1, 0.15) is 11.5 Å². The molecule has 0 saturated heterocycles. The minimum Gasteiger partial charge on any atom is -0.497 e. The van der Waals surface area contributed by atoms with Crippen molar-refractivity contribution in [2.45, 2.75) is 27.7 Å². The van der Waals surface area contributed by atoms with Crippen LogP contribution in [0.5, 0.6) is 11.5 Å². The molecular weight excluding hydrogens is 480 g/mol. The summed E-state index contributed by atoms with van der Waals surface area (Å²) in [6, 6.07) is 25.2. The normalized spacial score (nSPS) is 9.74. The summed E-state index contributed by atoms with van der Waals surface area (Å²) in [4.78, 5) is 43.7. The molecule has 6 nitrogen and oxygen atoms in total. The fraction of sp³-hybridized carbons (Fsp3) is 0.188. The number of hydrogen-bond acceptors (Lipinski definition) is 6. The SMILES string of the molecule is CC(=O)c1ccc(C(C)=O)cc1.COc1ccc(C(C)=O)cc1.COc1ccc2cc(C(C)=O)ccc2c1. The number of carbonyl (C=O) groups is 4. The molecule has 6 heteroatoms. The molecule has 0 saturated carbocycles. The Hall–Kier alpha value is -4.58. The third-order valence-electron chi connectivity index (χ3n) is 5.65. The highest BCUT2D eigenvalue weighted by atomic mass is 16.5. The molecule has 0 N–H and O–H groups in total. The lowest BCUT2D eigenvalue weighted by Crippen LogP contribution is -1.95. The van der Waals surface area contributed by atoms with Crippen LogP contribution in [0, 0.1) is 0 Å². The highest BCUT2D eigenvalue weighted by Gasteiger charge is 2.02. The number of ether oxygens (including phenoxy) is 2. The topological polar surface area (TPSA) is 86.7 Å². The van der Waals surface area contributed by atoms with Gasteiger partial charge >= 0.3 is 0 Å². The van der Waals surface area contributed by atoms with Crippen LogP contribution in [0.25, 0.3) is 10.8 Å². The Labute approximate surface area is 223 Å².